The van der Waals surface area contributed by atoms with E-state index in [1.54, 1.807) is 0 Å². The lowest BCUT2D eigenvalue weighted by atomic mass is 10.0. The van der Waals surface area contributed by atoms with Gasteiger partial charge in [-0.2, -0.15) is 0 Å². The molecule has 1 heteroatoms. The van der Waals surface area contributed by atoms with Crippen molar-refractivity contribution in [2.24, 2.45) is 11.8 Å². The van der Waals surface area contributed by atoms with Crippen LogP contribution in [0, 0.1) is 11.8 Å². The van der Waals surface area contributed by atoms with E-state index in [-0.39, 0.29) is 0 Å². The van der Waals surface area contributed by atoms with Gasteiger partial charge in [-0.15, -0.1) is 0 Å². The quantitative estimate of drug-likeness (QED) is 0.615. The van der Waals surface area contributed by atoms with Gasteiger partial charge in [-0.3, -0.25) is 0 Å². The van der Waals surface area contributed by atoms with Crippen molar-refractivity contribution in [3.05, 3.63) is 0 Å². The third-order valence-corrected chi connectivity index (χ3v) is 3.79. The molecule has 1 aliphatic rings. The van der Waals surface area contributed by atoms with Crippen molar-refractivity contribution in [1.82, 2.24) is 5.32 Å². The summed E-state index contributed by atoms with van der Waals surface area (Å²) in [5, 5.41) is 3.61. The van der Waals surface area contributed by atoms with Crippen molar-refractivity contribution >= 4 is 0 Å². The molecule has 1 fully saturated rings. The van der Waals surface area contributed by atoms with Crippen LogP contribution in [0.2, 0.25) is 0 Å². The molecule has 14 heavy (non-hydrogen) atoms. The Hall–Kier alpha value is -0.0400. The topological polar surface area (TPSA) is 12.0 Å². The molecule has 0 aromatic carbocycles. The molecule has 1 rings (SSSR count). The van der Waals surface area contributed by atoms with Gasteiger partial charge >= 0.3 is 0 Å². The highest BCUT2D eigenvalue weighted by Crippen LogP contribution is 2.26. The van der Waals surface area contributed by atoms with Crippen LogP contribution in [0.5, 0.6) is 0 Å². The molecule has 0 bridgehead atoms. The minimum Gasteiger partial charge on any atom is -0.316 e. The Morgan fingerprint density at radius 2 is 1.79 bits per heavy atom. The van der Waals surface area contributed by atoms with E-state index in [4.69, 9.17) is 0 Å². The third-order valence-electron chi connectivity index (χ3n) is 3.79. The average molecular weight is 197 g/mol. The van der Waals surface area contributed by atoms with Crippen LogP contribution in [0.4, 0.5) is 0 Å². The van der Waals surface area contributed by atoms with E-state index in [9.17, 15) is 0 Å². The molecule has 1 N–H and O–H groups in total. The molecule has 84 valence electrons. The highest BCUT2D eigenvalue weighted by atomic mass is 14.9. The van der Waals surface area contributed by atoms with E-state index in [2.05, 4.69) is 19.2 Å². The first-order chi connectivity index (χ1) is 6.86. The number of nitrogens with one attached hydrogen (secondary N) is 1. The van der Waals surface area contributed by atoms with Gasteiger partial charge in [0.1, 0.15) is 0 Å². The zero-order chi connectivity index (χ0) is 10.2. The molecule has 0 saturated heterocycles. The molecule has 1 saturated carbocycles. The SMILES string of the molecule is CCC(CC)CNCCC1CCCC1. The van der Waals surface area contributed by atoms with Crippen LogP contribution in [0.1, 0.15) is 58.8 Å². The summed E-state index contributed by atoms with van der Waals surface area (Å²) in [6.45, 7) is 7.08. The minimum atomic E-state index is 0.901. The lowest BCUT2D eigenvalue weighted by Gasteiger charge is -2.14. The maximum absolute atomic E-state index is 3.61. The highest BCUT2D eigenvalue weighted by Gasteiger charge is 2.14. The van der Waals surface area contributed by atoms with Crippen molar-refractivity contribution in [2.45, 2.75) is 58.8 Å². The summed E-state index contributed by atoms with van der Waals surface area (Å²) in [5.74, 6) is 1.95. The van der Waals surface area contributed by atoms with Crippen molar-refractivity contribution < 1.29 is 0 Å². The van der Waals surface area contributed by atoms with Gasteiger partial charge in [0.15, 0.2) is 0 Å². The van der Waals surface area contributed by atoms with Crippen LogP contribution < -0.4 is 5.32 Å². The average Bonchev–Trinajstić information content (AvgIpc) is 2.71. The van der Waals surface area contributed by atoms with E-state index in [0.29, 0.717) is 0 Å². The normalized spacial score (nSPS) is 18.2. The molecule has 0 heterocycles. The Morgan fingerprint density at radius 1 is 1.14 bits per heavy atom. The van der Waals surface area contributed by atoms with Gasteiger partial charge in [0.25, 0.3) is 0 Å². The van der Waals surface area contributed by atoms with Crippen molar-refractivity contribution in [3.63, 3.8) is 0 Å². The van der Waals surface area contributed by atoms with Gasteiger partial charge in [-0.25, -0.2) is 0 Å². The maximum Gasteiger partial charge on any atom is -0.00207 e. The van der Waals surface area contributed by atoms with Crippen LogP contribution in [-0.2, 0) is 0 Å². The van der Waals surface area contributed by atoms with E-state index in [1.165, 1.54) is 58.0 Å². The summed E-state index contributed by atoms with van der Waals surface area (Å²) >= 11 is 0. The van der Waals surface area contributed by atoms with Crippen LogP contribution in [0.25, 0.3) is 0 Å². The Bertz CT molecular complexity index is 119. The molecular weight excluding hydrogens is 170 g/mol. The zero-order valence-electron chi connectivity index (χ0n) is 10.0. The van der Waals surface area contributed by atoms with Crippen LogP contribution in [0.3, 0.4) is 0 Å². The summed E-state index contributed by atoms with van der Waals surface area (Å²) < 4.78 is 0. The zero-order valence-corrected chi connectivity index (χ0v) is 10.0. The summed E-state index contributed by atoms with van der Waals surface area (Å²) in [6, 6.07) is 0. The molecule has 0 spiro atoms. The minimum absolute atomic E-state index is 0.901. The molecule has 0 aromatic rings. The van der Waals surface area contributed by atoms with E-state index in [0.717, 1.165) is 11.8 Å². The predicted molar refractivity (Wildman–Crippen MR) is 63.5 cm³/mol. The van der Waals surface area contributed by atoms with E-state index in [1.807, 2.05) is 0 Å². The smallest absolute Gasteiger partial charge is 0.00207 e. The maximum atomic E-state index is 3.61. The van der Waals surface area contributed by atoms with Crippen LogP contribution in [-0.4, -0.2) is 13.1 Å². The first-order valence-corrected chi connectivity index (χ1v) is 6.57. The number of hydrogen-bond acceptors (Lipinski definition) is 1. The van der Waals surface area contributed by atoms with Crippen LogP contribution in [0.15, 0.2) is 0 Å². The number of rotatable bonds is 7. The van der Waals surface area contributed by atoms with Gasteiger partial charge in [0.2, 0.25) is 0 Å². The molecule has 0 atom stereocenters. The fourth-order valence-electron chi connectivity index (χ4n) is 2.49. The summed E-state index contributed by atoms with van der Waals surface area (Å²) in [6.07, 6.45) is 10.0. The molecule has 1 aliphatic carbocycles. The lowest BCUT2D eigenvalue weighted by molar-refractivity contribution is 0.420. The van der Waals surface area contributed by atoms with Crippen molar-refractivity contribution in [3.8, 4) is 0 Å². The predicted octanol–water partition coefficient (Wildman–Crippen LogP) is 3.59. The van der Waals surface area contributed by atoms with Gasteiger partial charge in [-0.05, 0) is 31.3 Å². The Morgan fingerprint density at radius 3 is 2.36 bits per heavy atom. The summed E-state index contributed by atoms with van der Waals surface area (Å²) in [4.78, 5) is 0. The second kappa shape index (κ2) is 7.28. The van der Waals surface area contributed by atoms with Gasteiger partial charge < -0.3 is 5.32 Å². The third kappa shape index (κ3) is 4.45. The van der Waals surface area contributed by atoms with Crippen molar-refractivity contribution in [1.29, 1.82) is 0 Å². The molecule has 0 amide bonds. The second-order valence-corrected chi connectivity index (χ2v) is 4.83. The Labute approximate surface area is 89.7 Å². The fourth-order valence-corrected chi connectivity index (χ4v) is 2.49. The first kappa shape index (κ1) is 12.0. The first-order valence-electron chi connectivity index (χ1n) is 6.57. The summed E-state index contributed by atoms with van der Waals surface area (Å²) in [7, 11) is 0. The van der Waals surface area contributed by atoms with Gasteiger partial charge in [0, 0.05) is 0 Å². The molecule has 0 unspecified atom stereocenters. The van der Waals surface area contributed by atoms with E-state index >= 15 is 0 Å². The number of hydrogen-bond donors (Lipinski definition) is 1. The molecule has 0 aliphatic heterocycles. The standard InChI is InChI=1S/C13H27N/c1-3-12(4-2)11-14-10-9-13-7-5-6-8-13/h12-14H,3-11H2,1-2H3. The molecule has 0 aromatic heterocycles. The monoisotopic (exact) mass is 197 g/mol. The van der Waals surface area contributed by atoms with E-state index < -0.39 is 0 Å². The summed E-state index contributed by atoms with van der Waals surface area (Å²) in [5.41, 5.74) is 0. The largest absolute Gasteiger partial charge is 0.316 e. The van der Waals surface area contributed by atoms with Gasteiger partial charge in [-0.1, -0.05) is 52.4 Å². The Balaban J connectivity index is 1.92. The highest BCUT2D eigenvalue weighted by molar-refractivity contribution is 4.68. The van der Waals surface area contributed by atoms with Crippen LogP contribution >= 0.6 is 0 Å². The lowest BCUT2D eigenvalue weighted by Crippen LogP contribution is -2.24. The fraction of sp³-hybridized carbons (Fsp3) is 1.00. The molecular formula is C13H27N. The molecule has 0 radical (unpaired) electrons. The Kier molecular flexibility index (Phi) is 6.25. The van der Waals surface area contributed by atoms with Crippen molar-refractivity contribution in [2.75, 3.05) is 13.1 Å². The molecule has 1 nitrogen and oxygen atoms in total. The van der Waals surface area contributed by atoms with Gasteiger partial charge in [0.05, 0.1) is 0 Å². The second-order valence-electron chi connectivity index (χ2n) is 4.83.